The van der Waals surface area contributed by atoms with E-state index in [1.807, 2.05) is 35.9 Å². The number of nitrogens with zero attached hydrogens (tertiary/aromatic N) is 4. The van der Waals surface area contributed by atoms with Crippen molar-refractivity contribution in [3.8, 4) is 11.6 Å². The summed E-state index contributed by atoms with van der Waals surface area (Å²) in [6, 6.07) is 12.9. The number of hydrogen-bond donors (Lipinski definition) is 1. The Bertz CT molecular complexity index is 1360. The lowest BCUT2D eigenvalue weighted by Crippen LogP contribution is -2.24. The third-order valence-electron chi connectivity index (χ3n) is 5.92. The summed E-state index contributed by atoms with van der Waals surface area (Å²) in [5.74, 6) is 0.0118. The highest BCUT2D eigenvalue weighted by Gasteiger charge is 2.18. The van der Waals surface area contributed by atoms with E-state index >= 15 is 0 Å². The van der Waals surface area contributed by atoms with E-state index in [1.54, 1.807) is 43.4 Å². The van der Waals surface area contributed by atoms with Crippen molar-refractivity contribution in [2.45, 2.75) is 33.2 Å². The smallest absolute Gasteiger partial charge is 0.255 e. The third kappa shape index (κ3) is 5.97. The number of carbonyl (C=O) groups excluding carboxylic acids is 1. The summed E-state index contributed by atoms with van der Waals surface area (Å²) in [7, 11) is 4.58. The molecule has 2 heterocycles. The summed E-state index contributed by atoms with van der Waals surface area (Å²) >= 11 is 0. The molecule has 0 aliphatic carbocycles. The van der Waals surface area contributed by atoms with E-state index < -0.39 is 5.82 Å². The van der Waals surface area contributed by atoms with Gasteiger partial charge in [-0.3, -0.25) is 9.48 Å². The SMILES string of the molecule is COCc1nn(Cc2ccc(Cn3ncc(C)c3OC)cc2)cc1C(=O)NCc1cccc(OC)c1F. The van der Waals surface area contributed by atoms with Gasteiger partial charge in [0.1, 0.15) is 5.69 Å². The molecular formula is C27H30FN5O4. The van der Waals surface area contributed by atoms with Gasteiger partial charge in [0.2, 0.25) is 5.88 Å². The predicted octanol–water partition coefficient (Wildman–Crippen LogP) is 3.72. The second-order valence-electron chi connectivity index (χ2n) is 8.55. The first-order valence-corrected chi connectivity index (χ1v) is 11.7. The molecule has 0 spiro atoms. The fraction of sp³-hybridized carbons (Fsp3) is 0.296. The Morgan fingerprint density at radius 1 is 1.03 bits per heavy atom. The summed E-state index contributed by atoms with van der Waals surface area (Å²) < 4.78 is 33.6. The first-order valence-electron chi connectivity index (χ1n) is 11.7. The van der Waals surface area contributed by atoms with E-state index in [0.29, 0.717) is 29.9 Å². The molecule has 1 amide bonds. The van der Waals surface area contributed by atoms with Crippen molar-refractivity contribution >= 4 is 5.91 Å². The van der Waals surface area contributed by atoms with Crippen molar-refractivity contribution in [2.75, 3.05) is 21.3 Å². The lowest BCUT2D eigenvalue weighted by molar-refractivity contribution is 0.0945. The van der Waals surface area contributed by atoms with Crippen LogP contribution in [0.5, 0.6) is 11.6 Å². The van der Waals surface area contributed by atoms with E-state index in [-0.39, 0.29) is 24.8 Å². The van der Waals surface area contributed by atoms with Crippen LogP contribution >= 0.6 is 0 Å². The highest BCUT2D eigenvalue weighted by atomic mass is 19.1. The topological polar surface area (TPSA) is 92.4 Å². The number of nitrogens with one attached hydrogen (secondary N) is 1. The highest BCUT2D eigenvalue weighted by molar-refractivity contribution is 5.95. The number of methoxy groups -OCH3 is 3. The van der Waals surface area contributed by atoms with Gasteiger partial charge in [-0.1, -0.05) is 36.4 Å². The third-order valence-corrected chi connectivity index (χ3v) is 5.92. The van der Waals surface area contributed by atoms with Crippen molar-refractivity contribution in [2.24, 2.45) is 0 Å². The van der Waals surface area contributed by atoms with E-state index in [2.05, 4.69) is 15.5 Å². The zero-order valence-corrected chi connectivity index (χ0v) is 21.3. The first-order chi connectivity index (χ1) is 17.9. The number of benzene rings is 2. The van der Waals surface area contributed by atoms with Gasteiger partial charge in [-0.2, -0.15) is 10.2 Å². The van der Waals surface area contributed by atoms with Gasteiger partial charge >= 0.3 is 0 Å². The average molecular weight is 508 g/mol. The fourth-order valence-corrected chi connectivity index (χ4v) is 4.05. The van der Waals surface area contributed by atoms with Crippen LogP contribution in [0, 0.1) is 12.7 Å². The lowest BCUT2D eigenvalue weighted by atomic mass is 10.1. The van der Waals surface area contributed by atoms with E-state index in [4.69, 9.17) is 14.2 Å². The van der Waals surface area contributed by atoms with Gasteiger partial charge in [-0.25, -0.2) is 9.07 Å². The quantitative estimate of drug-likeness (QED) is 0.333. The molecular weight excluding hydrogens is 477 g/mol. The maximum Gasteiger partial charge on any atom is 0.255 e. The molecule has 2 aromatic carbocycles. The summed E-state index contributed by atoms with van der Waals surface area (Å²) in [4.78, 5) is 12.9. The number of ether oxygens (including phenoxy) is 3. The normalized spacial score (nSPS) is 10.9. The molecule has 9 nitrogen and oxygen atoms in total. The van der Waals surface area contributed by atoms with Gasteiger partial charge in [-0.05, 0) is 24.1 Å². The molecule has 0 aliphatic rings. The van der Waals surface area contributed by atoms with Crippen molar-refractivity contribution in [3.05, 3.63) is 94.2 Å². The fourth-order valence-electron chi connectivity index (χ4n) is 4.05. The Labute approximate surface area is 214 Å². The molecule has 10 heteroatoms. The molecule has 0 fully saturated rings. The van der Waals surface area contributed by atoms with Gasteiger partial charge in [-0.15, -0.1) is 0 Å². The van der Waals surface area contributed by atoms with Crippen LogP contribution in [0.3, 0.4) is 0 Å². The molecule has 4 rings (SSSR count). The van der Waals surface area contributed by atoms with E-state index in [1.165, 1.54) is 13.2 Å². The molecule has 4 aromatic rings. The molecule has 0 saturated carbocycles. The molecule has 0 unspecified atom stereocenters. The number of aromatic nitrogens is 4. The summed E-state index contributed by atoms with van der Waals surface area (Å²) in [5.41, 5.74) is 4.29. The van der Waals surface area contributed by atoms with Crippen LogP contribution in [0.25, 0.3) is 0 Å². The van der Waals surface area contributed by atoms with Crippen LogP contribution in [0.4, 0.5) is 4.39 Å². The molecule has 37 heavy (non-hydrogen) atoms. The minimum absolute atomic E-state index is 0.0154. The summed E-state index contributed by atoms with van der Waals surface area (Å²) in [6.07, 6.45) is 3.46. The Morgan fingerprint density at radius 2 is 1.76 bits per heavy atom. The number of carbonyl (C=O) groups is 1. The zero-order valence-electron chi connectivity index (χ0n) is 21.3. The monoisotopic (exact) mass is 507 g/mol. The Balaban J connectivity index is 1.44. The van der Waals surface area contributed by atoms with Crippen LogP contribution in [0.15, 0.2) is 54.9 Å². The number of aryl methyl sites for hydroxylation is 1. The number of rotatable bonds is 11. The van der Waals surface area contributed by atoms with Gasteiger partial charge < -0.3 is 19.5 Å². The number of amides is 1. The van der Waals surface area contributed by atoms with Crippen molar-refractivity contribution in [1.82, 2.24) is 24.9 Å². The number of halogens is 1. The van der Waals surface area contributed by atoms with E-state index in [0.717, 1.165) is 22.6 Å². The van der Waals surface area contributed by atoms with Crippen LogP contribution in [-0.4, -0.2) is 46.8 Å². The molecule has 2 aromatic heterocycles. The largest absolute Gasteiger partial charge is 0.494 e. The minimum Gasteiger partial charge on any atom is -0.494 e. The standard InChI is InChI=1S/C27H30FN5O4/c1-18-12-30-33(27(18)37-4)15-20-10-8-19(9-11-20)14-32-16-22(23(31-32)17-35-2)26(34)29-13-21-6-5-7-24(36-3)25(21)28/h5-12,16H,13-15,17H2,1-4H3,(H,29,34). The maximum atomic E-state index is 14.4. The summed E-state index contributed by atoms with van der Waals surface area (Å²) in [6.45, 7) is 3.21. The first kappa shape index (κ1) is 25.9. The second kappa shape index (κ2) is 11.7. The molecule has 1 N–H and O–H groups in total. The minimum atomic E-state index is -0.498. The van der Waals surface area contributed by atoms with Gasteiger partial charge in [0, 0.05) is 31.0 Å². The van der Waals surface area contributed by atoms with Crippen LogP contribution < -0.4 is 14.8 Å². The Hall–Kier alpha value is -4.18. The maximum absolute atomic E-state index is 14.4. The summed E-state index contributed by atoms with van der Waals surface area (Å²) in [5, 5.41) is 11.7. The molecule has 0 bridgehead atoms. The van der Waals surface area contributed by atoms with E-state index in [9.17, 15) is 9.18 Å². The van der Waals surface area contributed by atoms with Gasteiger partial charge in [0.15, 0.2) is 11.6 Å². The molecule has 0 atom stereocenters. The zero-order chi connectivity index (χ0) is 26.4. The van der Waals surface area contributed by atoms with Crippen LogP contribution in [-0.2, 0) is 31.0 Å². The van der Waals surface area contributed by atoms with Gasteiger partial charge in [0.25, 0.3) is 5.91 Å². The predicted molar refractivity (Wildman–Crippen MR) is 135 cm³/mol. The Morgan fingerprint density at radius 3 is 2.43 bits per heavy atom. The molecule has 0 aliphatic heterocycles. The Kier molecular flexibility index (Phi) is 8.19. The van der Waals surface area contributed by atoms with Crippen LogP contribution in [0.2, 0.25) is 0 Å². The van der Waals surface area contributed by atoms with Crippen LogP contribution in [0.1, 0.15) is 38.3 Å². The molecule has 0 saturated heterocycles. The van der Waals surface area contributed by atoms with Crippen molar-refractivity contribution in [3.63, 3.8) is 0 Å². The van der Waals surface area contributed by atoms with Crippen molar-refractivity contribution in [1.29, 1.82) is 0 Å². The lowest BCUT2D eigenvalue weighted by Gasteiger charge is -2.09. The van der Waals surface area contributed by atoms with Gasteiger partial charge in [0.05, 0.1) is 45.7 Å². The number of hydrogen-bond acceptors (Lipinski definition) is 6. The molecule has 194 valence electrons. The second-order valence-corrected chi connectivity index (χ2v) is 8.55. The molecule has 0 radical (unpaired) electrons. The highest BCUT2D eigenvalue weighted by Crippen LogP contribution is 2.21. The van der Waals surface area contributed by atoms with Crippen molar-refractivity contribution < 1.29 is 23.4 Å². The average Bonchev–Trinajstić information content (AvgIpc) is 3.46.